The van der Waals surface area contributed by atoms with Gasteiger partial charge in [-0.15, -0.1) is 0 Å². The van der Waals surface area contributed by atoms with Crippen molar-refractivity contribution in [3.05, 3.63) is 33.6 Å². The second-order valence-corrected chi connectivity index (χ2v) is 5.49. The number of nitro groups is 1. The SMILES string of the molecule is CC1(C(=O)O)CCN(C(=O)c2cc(F)cc([N+](=O)[O-])c2N)C1. The maximum Gasteiger partial charge on any atom is 0.311 e. The van der Waals surface area contributed by atoms with E-state index in [1.54, 1.807) is 0 Å². The molecule has 0 spiro atoms. The van der Waals surface area contributed by atoms with Crippen LogP contribution in [0.3, 0.4) is 0 Å². The van der Waals surface area contributed by atoms with Gasteiger partial charge in [-0.2, -0.15) is 0 Å². The van der Waals surface area contributed by atoms with Crippen LogP contribution in [0.2, 0.25) is 0 Å². The van der Waals surface area contributed by atoms with E-state index in [-0.39, 0.29) is 25.1 Å². The van der Waals surface area contributed by atoms with E-state index >= 15 is 0 Å². The van der Waals surface area contributed by atoms with Crippen LogP contribution in [0.1, 0.15) is 23.7 Å². The van der Waals surface area contributed by atoms with E-state index in [0.717, 1.165) is 6.07 Å². The van der Waals surface area contributed by atoms with Gasteiger partial charge in [0.05, 0.1) is 22.0 Å². The summed E-state index contributed by atoms with van der Waals surface area (Å²) in [5, 5.41) is 20.0. The number of likely N-dealkylation sites (tertiary alicyclic amines) is 1. The molecule has 0 saturated carbocycles. The number of amides is 1. The smallest absolute Gasteiger partial charge is 0.311 e. The Labute approximate surface area is 124 Å². The molecule has 1 atom stereocenters. The van der Waals surface area contributed by atoms with E-state index in [4.69, 9.17) is 10.8 Å². The largest absolute Gasteiger partial charge is 0.481 e. The van der Waals surface area contributed by atoms with Crippen molar-refractivity contribution in [2.24, 2.45) is 5.41 Å². The lowest BCUT2D eigenvalue weighted by atomic mass is 9.90. The van der Waals surface area contributed by atoms with Gasteiger partial charge >= 0.3 is 5.97 Å². The summed E-state index contributed by atoms with van der Waals surface area (Å²) in [6.45, 7) is 1.59. The molecule has 0 aliphatic carbocycles. The first kappa shape index (κ1) is 15.7. The van der Waals surface area contributed by atoms with Crippen LogP contribution >= 0.6 is 0 Å². The first-order valence-electron chi connectivity index (χ1n) is 6.42. The zero-order valence-electron chi connectivity index (χ0n) is 11.7. The van der Waals surface area contributed by atoms with Crippen molar-refractivity contribution in [2.45, 2.75) is 13.3 Å². The second-order valence-electron chi connectivity index (χ2n) is 5.49. The average molecular weight is 311 g/mol. The summed E-state index contributed by atoms with van der Waals surface area (Å²) >= 11 is 0. The van der Waals surface area contributed by atoms with Gasteiger partial charge in [0.1, 0.15) is 11.5 Å². The minimum Gasteiger partial charge on any atom is -0.481 e. The van der Waals surface area contributed by atoms with Crippen LogP contribution in [0.25, 0.3) is 0 Å². The molecule has 0 bridgehead atoms. The number of carbonyl (C=O) groups excluding carboxylic acids is 1. The summed E-state index contributed by atoms with van der Waals surface area (Å²) in [6.07, 6.45) is 0.241. The Morgan fingerprint density at radius 3 is 2.64 bits per heavy atom. The highest BCUT2D eigenvalue weighted by Crippen LogP contribution is 2.33. The normalized spacial score (nSPS) is 20.9. The van der Waals surface area contributed by atoms with Gasteiger partial charge in [-0.25, -0.2) is 4.39 Å². The Bertz CT molecular complexity index is 678. The van der Waals surface area contributed by atoms with Crippen molar-refractivity contribution in [1.82, 2.24) is 4.90 Å². The number of nitrogens with zero attached hydrogens (tertiary/aromatic N) is 2. The third kappa shape index (κ3) is 2.57. The van der Waals surface area contributed by atoms with Gasteiger partial charge in [0.15, 0.2) is 0 Å². The molecule has 1 saturated heterocycles. The zero-order valence-corrected chi connectivity index (χ0v) is 11.7. The number of aliphatic carboxylic acids is 1. The fourth-order valence-electron chi connectivity index (χ4n) is 2.41. The van der Waals surface area contributed by atoms with E-state index in [1.807, 2.05) is 0 Å². The lowest BCUT2D eigenvalue weighted by Crippen LogP contribution is -2.35. The molecule has 1 amide bonds. The number of hydrogen-bond donors (Lipinski definition) is 2. The molecule has 2 rings (SSSR count). The quantitative estimate of drug-likeness (QED) is 0.491. The number of carboxylic acids is 1. The fourth-order valence-corrected chi connectivity index (χ4v) is 2.41. The van der Waals surface area contributed by atoms with Crippen LogP contribution in [0.15, 0.2) is 12.1 Å². The summed E-state index contributed by atoms with van der Waals surface area (Å²) in [5.74, 6) is -2.71. The van der Waals surface area contributed by atoms with Crippen LogP contribution in [0, 0.1) is 21.3 Å². The highest BCUT2D eigenvalue weighted by Gasteiger charge is 2.42. The van der Waals surface area contributed by atoms with Gasteiger partial charge in [-0.1, -0.05) is 0 Å². The minimum atomic E-state index is -1.09. The third-order valence-electron chi connectivity index (χ3n) is 3.83. The summed E-state index contributed by atoms with van der Waals surface area (Å²) in [7, 11) is 0. The van der Waals surface area contributed by atoms with E-state index in [9.17, 15) is 24.1 Å². The highest BCUT2D eigenvalue weighted by atomic mass is 19.1. The van der Waals surface area contributed by atoms with Crippen LogP contribution in [0.5, 0.6) is 0 Å². The molecule has 3 N–H and O–H groups in total. The molecule has 1 heterocycles. The minimum absolute atomic E-state index is 0.0646. The van der Waals surface area contributed by atoms with Crippen LogP contribution < -0.4 is 5.73 Å². The number of rotatable bonds is 3. The molecule has 0 aromatic heterocycles. The summed E-state index contributed by atoms with van der Waals surface area (Å²) in [4.78, 5) is 34.7. The van der Waals surface area contributed by atoms with Crippen LogP contribution in [-0.2, 0) is 4.79 Å². The van der Waals surface area contributed by atoms with Crippen molar-refractivity contribution in [3.63, 3.8) is 0 Å². The van der Waals surface area contributed by atoms with Crippen LogP contribution in [0.4, 0.5) is 15.8 Å². The van der Waals surface area contributed by atoms with Gasteiger partial charge in [0.2, 0.25) is 0 Å². The monoisotopic (exact) mass is 311 g/mol. The molecule has 1 aliphatic heterocycles. The summed E-state index contributed by atoms with van der Waals surface area (Å²) < 4.78 is 13.5. The molecule has 8 nitrogen and oxygen atoms in total. The Hall–Kier alpha value is -2.71. The van der Waals surface area contributed by atoms with Crippen molar-refractivity contribution in [2.75, 3.05) is 18.8 Å². The van der Waals surface area contributed by atoms with E-state index < -0.39 is 39.4 Å². The van der Waals surface area contributed by atoms with Gasteiger partial charge in [-0.3, -0.25) is 19.7 Å². The number of carbonyl (C=O) groups is 2. The summed E-state index contributed by atoms with van der Waals surface area (Å²) in [5.41, 5.74) is 3.03. The highest BCUT2D eigenvalue weighted by molar-refractivity contribution is 6.01. The van der Waals surface area contributed by atoms with E-state index in [2.05, 4.69) is 0 Å². The molecule has 1 aliphatic rings. The Morgan fingerprint density at radius 2 is 2.14 bits per heavy atom. The van der Waals surface area contributed by atoms with Gasteiger partial charge < -0.3 is 15.7 Å². The molecule has 1 aromatic carbocycles. The Balaban J connectivity index is 2.36. The molecule has 1 unspecified atom stereocenters. The molecular weight excluding hydrogens is 297 g/mol. The maximum atomic E-state index is 13.5. The molecule has 22 heavy (non-hydrogen) atoms. The number of carboxylic acid groups (broad SMARTS) is 1. The number of nitro benzene ring substituents is 1. The van der Waals surface area contributed by atoms with Crippen LogP contribution in [-0.4, -0.2) is 39.9 Å². The van der Waals surface area contributed by atoms with Gasteiger partial charge in [0, 0.05) is 13.1 Å². The number of benzene rings is 1. The molecule has 0 radical (unpaired) electrons. The molecule has 9 heteroatoms. The van der Waals surface area contributed by atoms with Crippen molar-refractivity contribution < 1.29 is 24.0 Å². The maximum absolute atomic E-state index is 13.5. The topological polar surface area (TPSA) is 127 Å². The number of hydrogen-bond acceptors (Lipinski definition) is 5. The first-order chi connectivity index (χ1) is 10.2. The Kier molecular flexibility index (Phi) is 3.74. The second kappa shape index (κ2) is 5.24. The first-order valence-corrected chi connectivity index (χ1v) is 6.42. The number of halogens is 1. The van der Waals surface area contributed by atoms with Crippen molar-refractivity contribution in [3.8, 4) is 0 Å². The number of anilines is 1. The number of nitrogens with two attached hydrogens (primary N) is 1. The molecule has 118 valence electrons. The lowest BCUT2D eigenvalue weighted by Gasteiger charge is -2.20. The van der Waals surface area contributed by atoms with Gasteiger partial charge in [-0.05, 0) is 19.4 Å². The predicted molar refractivity (Wildman–Crippen MR) is 73.7 cm³/mol. The average Bonchev–Trinajstić information content (AvgIpc) is 2.84. The molecular formula is C13H14FN3O5. The van der Waals surface area contributed by atoms with E-state index in [0.29, 0.717) is 6.07 Å². The third-order valence-corrected chi connectivity index (χ3v) is 3.83. The van der Waals surface area contributed by atoms with E-state index in [1.165, 1.54) is 11.8 Å². The molecule has 1 fully saturated rings. The van der Waals surface area contributed by atoms with Gasteiger partial charge in [0.25, 0.3) is 11.6 Å². The number of nitrogen functional groups attached to an aromatic ring is 1. The predicted octanol–water partition coefficient (Wildman–Crippen LogP) is 1.25. The zero-order chi connectivity index (χ0) is 16.7. The lowest BCUT2D eigenvalue weighted by molar-refractivity contribution is -0.384. The van der Waals surface area contributed by atoms with Crippen molar-refractivity contribution in [1.29, 1.82) is 0 Å². The molecule has 1 aromatic rings. The Morgan fingerprint density at radius 1 is 1.50 bits per heavy atom. The summed E-state index contributed by atoms with van der Waals surface area (Å²) in [6, 6.07) is 1.46. The van der Waals surface area contributed by atoms with Crippen molar-refractivity contribution >= 4 is 23.3 Å². The standard InChI is InChI=1S/C13H14FN3O5/c1-13(12(19)20)2-3-16(6-13)11(18)8-4-7(14)5-9(10(8)15)17(21)22/h4-5H,2-3,6,15H2,1H3,(H,19,20). The fraction of sp³-hybridized carbons (Fsp3) is 0.385.